The second-order valence-electron chi connectivity index (χ2n) is 2.02. The Hall–Kier alpha value is -0.760. The van der Waals surface area contributed by atoms with Crippen LogP contribution in [-0.2, 0) is 0 Å². The van der Waals surface area contributed by atoms with Gasteiger partial charge in [-0.1, -0.05) is 0 Å². The SMILES string of the molecule is Cc1cc2ccoc2s1. The van der Waals surface area contributed by atoms with Gasteiger partial charge in [0.15, 0.2) is 4.90 Å². The van der Waals surface area contributed by atoms with Crippen LogP contribution < -0.4 is 0 Å². The van der Waals surface area contributed by atoms with E-state index in [4.69, 9.17) is 4.42 Å². The molecule has 0 unspecified atom stereocenters. The number of aryl methyl sites for hydroxylation is 1. The van der Waals surface area contributed by atoms with Crippen molar-refractivity contribution in [2.75, 3.05) is 0 Å². The zero-order valence-corrected chi connectivity index (χ0v) is 5.87. The Kier molecular flexibility index (Phi) is 0.904. The van der Waals surface area contributed by atoms with Crippen LogP contribution >= 0.6 is 11.3 Å². The van der Waals surface area contributed by atoms with E-state index in [0.717, 1.165) is 4.90 Å². The summed E-state index contributed by atoms with van der Waals surface area (Å²) >= 11 is 1.69. The molecule has 2 aromatic heterocycles. The summed E-state index contributed by atoms with van der Waals surface area (Å²) in [5.41, 5.74) is 0. The molecular formula is C7H6OS. The van der Waals surface area contributed by atoms with Crippen molar-refractivity contribution in [3.63, 3.8) is 0 Å². The van der Waals surface area contributed by atoms with Gasteiger partial charge in [0.2, 0.25) is 0 Å². The smallest absolute Gasteiger partial charge is 0.187 e. The van der Waals surface area contributed by atoms with Crippen LogP contribution in [0.5, 0.6) is 0 Å². The monoisotopic (exact) mass is 138 g/mol. The Balaban J connectivity index is 2.92. The first-order valence-electron chi connectivity index (χ1n) is 2.80. The quantitative estimate of drug-likeness (QED) is 0.545. The van der Waals surface area contributed by atoms with Crippen molar-refractivity contribution in [2.45, 2.75) is 6.92 Å². The number of rotatable bonds is 0. The third-order valence-corrected chi connectivity index (χ3v) is 2.23. The van der Waals surface area contributed by atoms with E-state index in [1.807, 2.05) is 6.07 Å². The molecule has 0 saturated carbocycles. The van der Waals surface area contributed by atoms with E-state index in [0.29, 0.717) is 0 Å². The van der Waals surface area contributed by atoms with Gasteiger partial charge in [0.05, 0.1) is 6.26 Å². The molecule has 9 heavy (non-hydrogen) atoms. The fourth-order valence-electron chi connectivity index (χ4n) is 0.890. The Bertz CT molecular complexity index is 290. The molecule has 2 rings (SSSR count). The van der Waals surface area contributed by atoms with Crippen molar-refractivity contribution < 1.29 is 4.42 Å². The molecule has 46 valence electrons. The van der Waals surface area contributed by atoms with Gasteiger partial charge in [-0.05, 0) is 19.1 Å². The zero-order valence-electron chi connectivity index (χ0n) is 5.05. The largest absolute Gasteiger partial charge is 0.454 e. The molecule has 0 fully saturated rings. The van der Waals surface area contributed by atoms with Crippen molar-refractivity contribution in [3.05, 3.63) is 23.3 Å². The molecule has 0 spiro atoms. The van der Waals surface area contributed by atoms with E-state index in [9.17, 15) is 0 Å². The van der Waals surface area contributed by atoms with Gasteiger partial charge in [-0.2, -0.15) is 0 Å². The lowest BCUT2D eigenvalue weighted by Crippen LogP contribution is -1.47. The molecule has 0 aliphatic heterocycles. The highest BCUT2D eigenvalue weighted by Gasteiger charge is 1.97. The lowest BCUT2D eigenvalue weighted by molar-refractivity contribution is 0.623. The van der Waals surface area contributed by atoms with Gasteiger partial charge in [0.1, 0.15) is 0 Å². The molecule has 0 radical (unpaired) electrons. The van der Waals surface area contributed by atoms with E-state index >= 15 is 0 Å². The summed E-state index contributed by atoms with van der Waals surface area (Å²) in [6.45, 7) is 2.08. The van der Waals surface area contributed by atoms with Crippen LogP contribution in [0.15, 0.2) is 22.8 Å². The summed E-state index contributed by atoms with van der Waals surface area (Å²) in [4.78, 5) is 2.34. The first kappa shape index (κ1) is 5.06. The lowest BCUT2D eigenvalue weighted by Gasteiger charge is -1.70. The number of furan rings is 1. The topological polar surface area (TPSA) is 13.1 Å². The Labute approximate surface area is 56.9 Å². The average Bonchev–Trinajstić information content (AvgIpc) is 2.22. The van der Waals surface area contributed by atoms with Gasteiger partial charge < -0.3 is 4.42 Å². The molecule has 2 aromatic rings. The predicted octanol–water partition coefficient (Wildman–Crippen LogP) is 2.80. The summed E-state index contributed by atoms with van der Waals surface area (Å²) in [5, 5.41) is 1.22. The molecule has 0 atom stereocenters. The van der Waals surface area contributed by atoms with Gasteiger partial charge >= 0.3 is 0 Å². The molecule has 0 N–H and O–H groups in total. The minimum absolute atomic E-state index is 1.03. The summed E-state index contributed by atoms with van der Waals surface area (Å²) < 4.78 is 5.16. The second kappa shape index (κ2) is 1.61. The van der Waals surface area contributed by atoms with E-state index in [1.165, 1.54) is 10.3 Å². The van der Waals surface area contributed by atoms with Crippen molar-refractivity contribution >= 4 is 21.6 Å². The first-order chi connectivity index (χ1) is 4.36. The fraction of sp³-hybridized carbons (Fsp3) is 0.143. The van der Waals surface area contributed by atoms with E-state index in [-0.39, 0.29) is 0 Å². The first-order valence-corrected chi connectivity index (χ1v) is 3.61. The predicted molar refractivity (Wildman–Crippen MR) is 38.8 cm³/mol. The maximum absolute atomic E-state index is 5.16. The third-order valence-electron chi connectivity index (χ3n) is 1.27. The minimum atomic E-state index is 1.03. The van der Waals surface area contributed by atoms with Gasteiger partial charge in [-0.3, -0.25) is 0 Å². The van der Waals surface area contributed by atoms with Crippen molar-refractivity contribution in [1.29, 1.82) is 0 Å². The third kappa shape index (κ3) is 0.669. The van der Waals surface area contributed by atoms with Crippen LogP contribution in [0.1, 0.15) is 4.88 Å². The van der Waals surface area contributed by atoms with Crippen molar-refractivity contribution in [2.24, 2.45) is 0 Å². The molecule has 0 amide bonds. The van der Waals surface area contributed by atoms with E-state index in [2.05, 4.69) is 13.0 Å². The Morgan fingerprint density at radius 1 is 1.56 bits per heavy atom. The molecular weight excluding hydrogens is 132 g/mol. The van der Waals surface area contributed by atoms with Crippen LogP contribution in [0.2, 0.25) is 0 Å². The summed E-state index contributed by atoms with van der Waals surface area (Å²) in [6.07, 6.45) is 1.72. The molecule has 0 aliphatic rings. The van der Waals surface area contributed by atoms with Crippen LogP contribution in [-0.4, -0.2) is 0 Å². The summed E-state index contributed by atoms with van der Waals surface area (Å²) in [6, 6.07) is 4.11. The van der Waals surface area contributed by atoms with Crippen LogP contribution in [0.3, 0.4) is 0 Å². The van der Waals surface area contributed by atoms with Gasteiger partial charge in [0.25, 0.3) is 0 Å². The summed E-state index contributed by atoms with van der Waals surface area (Å²) in [5.74, 6) is 0. The number of thiophene rings is 1. The van der Waals surface area contributed by atoms with Gasteiger partial charge in [0, 0.05) is 10.3 Å². The zero-order chi connectivity index (χ0) is 6.27. The van der Waals surface area contributed by atoms with E-state index in [1.54, 1.807) is 17.6 Å². The number of fused-ring (bicyclic) bond motifs is 1. The highest BCUT2D eigenvalue weighted by molar-refractivity contribution is 7.18. The normalized spacial score (nSPS) is 10.8. The highest BCUT2D eigenvalue weighted by atomic mass is 32.1. The molecule has 0 aliphatic carbocycles. The maximum Gasteiger partial charge on any atom is 0.187 e. The molecule has 2 heterocycles. The Morgan fingerprint density at radius 2 is 2.44 bits per heavy atom. The van der Waals surface area contributed by atoms with E-state index < -0.39 is 0 Å². The fourth-order valence-corrected chi connectivity index (χ4v) is 1.72. The number of hydrogen-bond acceptors (Lipinski definition) is 2. The molecule has 0 bridgehead atoms. The maximum atomic E-state index is 5.16. The van der Waals surface area contributed by atoms with Crippen molar-refractivity contribution in [3.8, 4) is 0 Å². The molecule has 1 nitrogen and oxygen atoms in total. The second-order valence-corrected chi connectivity index (χ2v) is 3.24. The average molecular weight is 138 g/mol. The van der Waals surface area contributed by atoms with Gasteiger partial charge in [-0.15, -0.1) is 11.3 Å². The minimum Gasteiger partial charge on any atom is -0.454 e. The molecule has 0 saturated heterocycles. The van der Waals surface area contributed by atoms with Crippen molar-refractivity contribution in [1.82, 2.24) is 0 Å². The molecule has 0 aromatic carbocycles. The Morgan fingerprint density at radius 3 is 3.22 bits per heavy atom. The highest BCUT2D eigenvalue weighted by Crippen LogP contribution is 2.24. The number of hydrogen-bond donors (Lipinski definition) is 0. The summed E-state index contributed by atoms with van der Waals surface area (Å²) in [7, 11) is 0. The lowest BCUT2D eigenvalue weighted by atomic mass is 10.4. The van der Waals surface area contributed by atoms with Crippen LogP contribution in [0.4, 0.5) is 0 Å². The van der Waals surface area contributed by atoms with Gasteiger partial charge in [-0.25, -0.2) is 0 Å². The molecule has 2 heteroatoms. The van der Waals surface area contributed by atoms with Crippen LogP contribution in [0, 0.1) is 6.92 Å². The standard InChI is InChI=1S/C7H6OS/c1-5-4-6-2-3-8-7(6)9-5/h2-4H,1H3. The van der Waals surface area contributed by atoms with Crippen LogP contribution in [0.25, 0.3) is 10.3 Å².